The van der Waals surface area contributed by atoms with E-state index in [9.17, 15) is 4.79 Å². The van der Waals surface area contributed by atoms with Crippen LogP contribution < -0.4 is 5.32 Å². The molecule has 0 saturated carbocycles. The lowest BCUT2D eigenvalue weighted by Crippen LogP contribution is -2.36. The van der Waals surface area contributed by atoms with Gasteiger partial charge in [0.1, 0.15) is 0 Å². The molecule has 0 aromatic carbocycles. The van der Waals surface area contributed by atoms with Crippen LogP contribution in [0.3, 0.4) is 0 Å². The molecule has 1 aromatic heterocycles. The average molecular weight is 280 g/mol. The molecule has 4 nitrogen and oxygen atoms in total. The van der Waals surface area contributed by atoms with E-state index in [4.69, 9.17) is 5.11 Å². The Kier molecular flexibility index (Phi) is 7.01. The molecule has 0 spiro atoms. The minimum absolute atomic E-state index is 0.0547. The van der Waals surface area contributed by atoms with Crippen LogP contribution >= 0.6 is 11.3 Å². The number of nitrogens with one attached hydrogen (secondary N) is 1. The Morgan fingerprint density at radius 3 is 3.05 bits per heavy atom. The summed E-state index contributed by atoms with van der Waals surface area (Å²) in [4.78, 5) is 14.3. The van der Waals surface area contributed by atoms with Crippen molar-refractivity contribution in [1.29, 1.82) is 0 Å². The van der Waals surface area contributed by atoms with Gasteiger partial charge in [-0.25, -0.2) is 4.79 Å². The zero-order chi connectivity index (χ0) is 14.1. The fourth-order valence-electron chi connectivity index (χ4n) is 1.44. The van der Waals surface area contributed by atoms with Gasteiger partial charge in [-0.1, -0.05) is 18.8 Å². The predicted octanol–water partition coefficient (Wildman–Crippen LogP) is 2.03. The van der Waals surface area contributed by atoms with Crippen LogP contribution in [0.2, 0.25) is 0 Å². The largest absolute Gasteiger partial charge is 0.395 e. The molecule has 1 aromatic rings. The van der Waals surface area contributed by atoms with Crippen LogP contribution in [0.25, 0.3) is 0 Å². The van der Waals surface area contributed by atoms with Gasteiger partial charge < -0.3 is 15.3 Å². The third-order valence-electron chi connectivity index (χ3n) is 2.39. The summed E-state index contributed by atoms with van der Waals surface area (Å²) < 4.78 is 0. The second-order valence-corrected chi connectivity index (χ2v) is 5.09. The van der Waals surface area contributed by atoms with E-state index in [0.717, 1.165) is 16.9 Å². The molecular weight excluding hydrogens is 260 g/mol. The second kappa shape index (κ2) is 8.57. The van der Waals surface area contributed by atoms with Gasteiger partial charge in [0, 0.05) is 26.6 Å². The van der Waals surface area contributed by atoms with E-state index in [1.807, 2.05) is 18.4 Å². The lowest BCUT2D eigenvalue weighted by molar-refractivity contribution is 0.207. The van der Waals surface area contributed by atoms with Crippen LogP contribution in [-0.2, 0) is 6.54 Å². The summed E-state index contributed by atoms with van der Waals surface area (Å²) in [6.45, 7) is 3.39. The van der Waals surface area contributed by atoms with Crippen LogP contribution in [0.15, 0.2) is 11.4 Å². The number of carbonyl (C=O) groups excluding carboxylic acids is 1. The average Bonchev–Trinajstić information content (AvgIpc) is 2.83. The summed E-state index contributed by atoms with van der Waals surface area (Å²) in [6, 6.07) is 1.93. The molecular formula is C14H20N2O2S. The van der Waals surface area contributed by atoms with Gasteiger partial charge in [0.2, 0.25) is 0 Å². The molecule has 0 fully saturated rings. The molecule has 2 N–H and O–H groups in total. The van der Waals surface area contributed by atoms with Crippen molar-refractivity contribution in [2.75, 3.05) is 20.2 Å². The second-order valence-electron chi connectivity index (χ2n) is 4.18. The van der Waals surface area contributed by atoms with Crippen LogP contribution in [-0.4, -0.2) is 36.2 Å². The van der Waals surface area contributed by atoms with Gasteiger partial charge >= 0.3 is 6.03 Å². The topological polar surface area (TPSA) is 52.6 Å². The standard InChI is InChI=1S/C14H20N2O2S/c1-3-7-15-14(18)16(2)10-12-9-13(19-11-12)6-4-5-8-17/h9,11,17H,3,5,7-8,10H2,1-2H3,(H,15,18). The van der Waals surface area contributed by atoms with Crippen LogP contribution in [0.4, 0.5) is 4.79 Å². The molecule has 0 aliphatic heterocycles. The van der Waals surface area contributed by atoms with Crippen LogP contribution in [0, 0.1) is 11.8 Å². The molecule has 19 heavy (non-hydrogen) atoms. The van der Waals surface area contributed by atoms with Gasteiger partial charge in [0.15, 0.2) is 0 Å². The summed E-state index contributed by atoms with van der Waals surface area (Å²) >= 11 is 1.56. The summed E-state index contributed by atoms with van der Waals surface area (Å²) in [5.41, 5.74) is 1.08. The smallest absolute Gasteiger partial charge is 0.317 e. The Hall–Kier alpha value is -1.51. The molecule has 5 heteroatoms. The van der Waals surface area contributed by atoms with Gasteiger partial charge in [0.25, 0.3) is 0 Å². The van der Waals surface area contributed by atoms with E-state index in [0.29, 0.717) is 19.5 Å². The fraction of sp³-hybridized carbons (Fsp3) is 0.500. The molecule has 2 amide bonds. The first-order valence-corrected chi connectivity index (χ1v) is 7.21. The van der Waals surface area contributed by atoms with E-state index in [-0.39, 0.29) is 12.6 Å². The van der Waals surface area contributed by atoms with Crippen molar-refractivity contribution >= 4 is 17.4 Å². The maximum absolute atomic E-state index is 11.7. The molecule has 1 heterocycles. The molecule has 0 saturated heterocycles. The predicted molar refractivity (Wildman–Crippen MR) is 78.1 cm³/mol. The highest BCUT2D eigenvalue weighted by molar-refractivity contribution is 7.10. The zero-order valence-electron chi connectivity index (χ0n) is 11.4. The number of hydrogen-bond donors (Lipinski definition) is 2. The van der Waals surface area contributed by atoms with E-state index in [1.54, 1.807) is 23.3 Å². The van der Waals surface area contributed by atoms with E-state index < -0.39 is 0 Å². The van der Waals surface area contributed by atoms with Gasteiger partial charge in [0.05, 0.1) is 11.5 Å². The minimum atomic E-state index is -0.0547. The number of aliphatic hydroxyl groups excluding tert-OH is 1. The molecule has 0 radical (unpaired) electrons. The van der Waals surface area contributed by atoms with Crippen molar-refractivity contribution in [3.63, 3.8) is 0 Å². The zero-order valence-corrected chi connectivity index (χ0v) is 12.2. The van der Waals surface area contributed by atoms with Crippen molar-refractivity contribution in [2.45, 2.75) is 26.3 Å². The highest BCUT2D eigenvalue weighted by atomic mass is 32.1. The molecule has 0 bridgehead atoms. The van der Waals surface area contributed by atoms with Crippen molar-refractivity contribution in [3.8, 4) is 11.8 Å². The maximum atomic E-state index is 11.7. The quantitative estimate of drug-likeness (QED) is 0.811. The summed E-state index contributed by atoms with van der Waals surface area (Å²) in [6.07, 6.45) is 1.43. The molecule has 1 rings (SSSR count). The lowest BCUT2D eigenvalue weighted by Gasteiger charge is -2.16. The van der Waals surface area contributed by atoms with Gasteiger partial charge in [-0.3, -0.25) is 0 Å². The van der Waals surface area contributed by atoms with Gasteiger partial charge in [-0.2, -0.15) is 0 Å². The van der Waals surface area contributed by atoms with Crippen molar-refractivity contribution in [3.05, 3.63) is 21.9 Å². The Morgan fingerprint density at radius 1 is 1.58 bits per heavy atom. The number of thiophene rings is 1. The number of amides is 2. The minimum Gasteiger partial charge on any atom is -0.395 e. The molecule has 0 atom stereocenters. The monoisotopic (exact) mass is 280 g/mol. The highest BCUT2D eigenvalue weighted by Crippen LogP contribution is 2.15. The van der Waals surface area contributed by atoms with Gasteiger partial charge in [-0.15, -0.1) is 11.3 Å². The highest BCUT2D eigenvalue weighted by Gasteiger charge is 2.08. The van der Waals surface area contributed by atoms with Gasteiger partial charge in [-0.05, 0) is 23.4 Å². The van der Waals surface area contributed by atoms with E-state index >= 15 is 0 Å². The molecule has 0 aliphatic carbocycles. The van der Waals surface area contributed by atoms with E-state index in [2.05, 4.69) is 17.2 Å². The summed E-state index contributed by atoms with van der Waals surface area (Å²) in [7, 11) is 1.78. The van der Waals surface area contributed by atoms with Crippen LogP contribution in [0.1, 0.15) is 30.2 Å². The first kappa shape index (κ1) is 15.5. The number of nitrogens with zero attached hydrogens (tertiary/aromatic N) is 1. The first-order valence-electron chi connectivity index (χ1n) is 6.33. The number of rotatable bonds is 5. The molecule has 0 unspecified atom stereocenters. The van der Waals surface area contributed by atoms with E-state index in [1.165, 1.54) is 0 Å². The Bertz CT molecular complexity index is 460. The summed E-state index contributed by atoms with van der Waals surface area (Å²) in [5, 5.41) is 13.5. The Morgan fingerprint density at radius 2 is 2.37 bits per heavy atom. The number of urea groups is 1. The first-order chi connectivity index (χ1) is 9.17. The number of aliphatic hydroxyl groups is 1. The number of hydrogen-bond acceptors (Lipinski definition) is 3. The Balaban J connectivity index is 2.49. The SMILES string of the molecule is CCCNC(=O)N(C)Cc1csc(C#CCCO)c1. The summed E-state index contributed by atoms with van der Waals surface area (Å²) in [5.74, 6) is 5.88. The van der Waals surface area contributed by atoms with Crippen LogP contribution in [0.5, 0.6) is 0 Å². The van der Waals surface area contributed by atoms with Crippen molar-refractivity contribution in [1.82, 2.24) is 10.2 Å². The van der Waals surface area contributed by atoms with Crippen molar-refractivity contribution < 1.29 is 9.90 Å². The normalized spacial score (nSPS) is 9.63. The van der Waals surface area contributed by atoms with Crippen molar-refractivity contribution in [2.24, 2.45) is 0 Å². The third kappa shape index (κ3) is 5.77. The third-order valence-corrected chi connectivity index (χ3v) is 3.29. The molecule has 0 aliphatic rings. The lowest BCUT2D eigenvalue weighted by atomic mass is 10.3. The molecule has 104 valence electrons. The fourth-order valence-corrected chi connectivity index (χ4v) is 2.21. The number of carbonyl (C=O) groups is 1. The maximum Gasteiger partial charge on any atom is 0.317 e. The Labute approximate surface area is 118 Å².